The van der Waals surface area contributed by atoms with Crippen LogP contribution in [0.5, 0.6) is 5.75 Å². The highest BCUT2D eigenvalue weighted by molar-refractivity contribution is 6.38. The van der Waals surface area contributed by atoms with Crippen LogP contribution in [-0.4, -0.2) is 7.11 Å². The zero-order valence-electron chi connectivity index (χ0n) is 12.0. The molecule has 0 unspecified atom stereocenters. The zero-order chi connectivity index (χ0) is 15.1. The Labute approximate surface area is 132 Å². The van der Waals surface area contributed by atoms with Crippen LogP contribution in [0.1, 0.15) is 0 Å². The van der Waals surface area contributed by atoms with Gasteiger partial charge >= 0.3 is 0 Å². The number of rotatable bonds is 2. The van der Waals surface area contributed by atoms with Gasteiger partial charge in [0.15, 0.2) is 0 Å². The second-order valence-electron chi connectivity index (χ2n) is 5.12. The molecule has 2 nitrogen and oxygen atoms in total. The van der Waals surface area contributed by atoms with Crippen molar-refractivity contribution in [3.63, 3.8) is 0 Å². The molecule has 0 atom stereocenters. The van der Waals surface area contributed by atoms with Crippen LogP contribution in [0, 0.1) is 0 Å². The van der Waals surface area contributed by atoms with Crippen molar-refractivity contribution >= 4 is 33.5 Å². The molecule has 0 N–H and O–H groups in total. The molecule has 0 aliphatic rings. The number of fused-ring (bicyclic) bond motifs is 3. The summed E-state index contributed by atoms with van der Waals surface area (Å²) in [7, 11) is 1.67. The minimum atomic E-state index is 0.706. The highest BCUT2D eigenvalue weighted by Crippen LogP contribution is 2.39. The van der Waals surface area contributed by atoms with Crippen LogP contribution in [0.2, 0.25) is 5.02 Å². The van der Waals surface area contributed by atoms with Crippen molar-refractivity contribution in [2.45, 2.75) is 0 Å². The van der Waals surface area contributed by atoms with E-state index in [9.17, 15) is 0 Å². The average molecular weight is 309 g/mol. The first kappa shape index (κ1) is 13.2. The molecule has 1 aromatic heterocycles. The van der Waals surface area contributed by atoms with Gasteiger partial charge in [-0.15, -0.1) is 0 Å². The van der Waals surface area contributed by atoms with Crippen molar-refractivity contribution in [1.82, 2.24) is 0 Å². The maximum Gasteiger partial charge on any atom is 0.136 e. The van der Waals surface area contributed by atoms with Gasteiger partial charge in [0.1, 0.15) is 16.9 Å². The third-order valence-electron chi connectivity index (χ3n) is 3.87. The van der Waals surface area contributed by atoms with E-state index in [-0.39, 0.29) is 0 Å². The van der Waals surface area contributed by atoms with Gasteiger partial charge in [-0.05, 0) is 41.5 Å². The van der Waals surface area contributed by atoms with Crippen molar-refractivity contribution in [3.05, 3.63) is 65.7 Å². The van der Waals surface area contributed by atoms with Gasteiger partial charge in [0.25, 0.3) is 0 Å². The summed E-state index contributed by atoms with van der Waals surface area (Å²) in [5.41, 5.74) is 3.86. The Bertz CT molecular complexity index is 968. The Morgan fingerprint density at radius 2 is 1.50 bits per heavy atom. The summed E-state index contributed by atoms with van der Waals surface area (Å²) < 4.78 is 11.2. The summed E-state index contributed by atoms with van der Waals surface area (Å²) in [4.78, 5) is 0. The molecule has 3 aromatic carbocycles. The molecule has 4 aromatic rings. The monoisotopic (exact) mass is 308 g/mol. The van der Waals surface area contributed by atoms with Gasteiger partial charge in [0.05, 0.1) is 12.1 Å². The lowest BCUT2D eigenvalue weighted by molar-refractivity contribution is 0.415. The first-order valence-corrected chi connectivity index (χ1v) is 7.40. The number of hydrogen-bond acceptors (Lipinski definition) is 2. The number of halogens is 1. The maximum atomic E-state index is 6.40. The van der Waals surface area contributed by atoms with Gasteiger partial charge in [-0.2, -0.15) is 0 Å². The number of ether oxygens (including phenoxy) is 1. The van der Waals surface area contributed by atoms with E-state index in [1.54, 1.807) is 7.11 Å². The van der Waals surface area contributed by atoms with Gasteiger partial charge in [0.2, 0.25) is 0 Å². The van der Waals surface area contributed by atoms with Crippen LogP contribution in [0.4, 0.5) is 0 Å². The third kappa shape index (κ3) is 1.96. The van der Waals surface area contributed by atoms with E-state index < -0.39 is 0 Å². The Balaban J connectivity index is 2.06. The normalized spacial score (nSPS) is 11.2. The highest BCUT2D eigenvalue weighted by Gasteiger charge is 2.14. The Morgan fingerprint density at radius 3 is 2.23 bits per heavy atom. The average Bonchev–Trinajstić information content (AvgIpc) is 2.95. The topological polar surface area (TPSA) is 22.4 Å². The van der Waals surface area contributed by atoms with Gasteiger partial charge in [-0.1, -0.05) is 41.9 Å². The fraction of sp³-hybridized carbons (Fsp3) is 0.0526. The molecule has 3 heteroatoms. The molecule has 0 fully saturated rings. The van der Waals surface area contributed by atoms with Gasteiger partial charge in [-0.3, -0.25) is 0 Å². The van der Waals surface area contributed by atoms with E-state index >= 15 is 0 Å². The lowest BCUT2D eigenvalue weighted by Gasteiger charge is -2.06. The third-order valence-corrected chi connectivity index (χ3v) is 4.19. The fourth-order valence-corrected chi connectivity index (χ4v) is 3.10. The molecule has 22 heavy (non-hydrogen) atoms. The van der Waals surface area contributed by atoms with Gasteiger partial charge in [-0.25, -0.2) is 0 Å². The quantitative estimate of drug-likeness (QED) is 0.459. The second kappa shape index (κ2) is 5.08. The summed E-state index contributed by atoms with van der Waals surface area (Å²) in [5.74, 6) is 0.839. The predicted molar refractivity (Wildman–Crippen MR) is 90.7 cm³/mol. The standard InChI is InChI=1S/C19H13ClO2/c1-21-13-10-8-12(9-11-13)14-4-2-6-16-18(14)19-15(20)5-3-7-17(19)22-16/h2-11H,1H3. The molecular weight excluding hydrogens is 296 g/mol. The number of hydrogen-bond donors (Lipinski definition) is 0. The molecule has 108 valence electrons. The van der Waals surface area contributed by atoms with E-state index in [0.717, 1.165) is 38.8 Å². The fourth-order valence-electron chi connectivity index (χ4n) is 2.84. The van der Waals surface area contributed by atoms with Crippen LogP contribution in [0.3, 0.4) is 0 Å². The maximum absolute atomic E-state index is 6.40. The predicted octanol–water partition coefficient (Wildman–Crippen LogP) is 5.92. The molecule has 0 saturated heterocycles. The largest absolute Gasteiger partial charge is 0.497 e. The van der Waals surface area contributed by atoms with Crippen LogP contribution in [0.15, 0.2) is 65.1 Å². The number of methoxy groups -OCH3 is 1. The highest BCUT2D eigenvalue weighted by atomic mass is 35.5. The molecule has 0 aliphatic carbocycles. The Morgan fingerprint density at radius 1 is 0.818 bits per heavy atom. The zero-order valence-corrected chi connectivity index (χ0v) is 12.7. The molecule has 0 amide bonds. The molecule has 0 bridgehead atoms. The van der Waals surface area contributed by atoms with Gasteiger partial charge in [0, 0.05) is 10.8 Å². The van der Waals surface area contributed by atoms with Crippen LogP contribution < -0.4 is 4.74 Å². The number of benzene rings is 3. The van der Waals surface area contributed by atoms with Crippen molar-refractivity contribution in [2.75, 3.05) is 7.11 Å². The summed E-state index contributed by atoms with van der Waals surface area (Å²) >= 11 is 6.40. The van der Waals surface area contributed by atoms with Crippen LogP contribution in [-0.2, 0) is 0 Å². The van der Waals surface area contributed by atoms with Crippen molar-refractivity contribution in [3.8, 4) is 16.9 Å². The summed E-state index contributed by atoms with van der Waals surface area (Å²) in [6.07, 6.45) is 0. The molecule has 4 rings (SSSR count). The Hall–Kier alpha value is -2.45. The van der Waals surface area contributed by atoms with Gasteiger partial charge < -0.3 is 9.15 Å². The summed E-state index contributed by atoms with van der Waals surface area (Å²) in [6, 6.07) is 19.8. The first-order valence-electron chi connectivity index (χ1n) is 7.02. The SMILES string of the molecule is COc1ccc(-c2cccc3oc4cccc(Cl)c4c23)cc1. The van der Waals surface area contributed by atoms with E-state index in [1.807, 2.05) is 54.6 Å². The lowest BCUT2D eigenvalue weighted by Crippen LogP contribution is -1.83. The smallest absolute Gasteiger partial charge is 0.136 e. The number of furan rings is 1. The molecule has 0 aliphatic heterocycles. The molecule has 0 spiro atoms. The summed E-state index contributed by atoms with van der Waals surface area (Å²) in [6.45, 7) is 0. The van der Waals surface area contributed by atoms with E-state index in [0.29, 0.717) is 5.02 Å². The molecule has 0 saturated carbocycles. The van der Waals surface area contributed by atoms with Crippen molar-refractivity contribution in [1.29, 1.82) is 0 Å². The molecule has 0 radical (unpaired) electrons. The van der Waals surface area contributed by atoms with Crippen LogP contribution in [0.25, 0.3) is 33.1 Å². The molecule has 1 heterocycles. The summed E-state index contributed by atoms with van der Waals surface area (Å²) in [5, 5.41) is 2.72. The van der Waals surface area contributed by atoms with E-state index in [1.165, 1.54) is 0 Å². The second-order valence-corrected chi connectivity index (χ2v) is 5.53. The minimum Gasteiger partial charge on any atom is -0.497 e. The first-order chi connectivity index (χ1) is 10.8. The van der Waals surface area contributed by atoms with E-state index in [2.05, 4.69) is 6.07 Å². The lowest BCUT2D eigenvalue weighted by atomic mass is 9.99. The molecular formula is C19H13ClO2. The minimum absolute atomic E-state index is 0.706. The van der Waals surface area contributed by atoms with Crippen LogP contribution >= 0.6 is 11.6 Å². The Kier molecular flexibility index (Phi) is 3.05. The van der Waals surface area contributed by atoms with Crippen molar-refractivity contribution in [2.24, 2.45) is 0 Å². The van der Waals surface area contributed by atoms with Crippen molar-refractivity contribution < 1.29 is 9.15 Å². The van der Waals surface area contributed by atoms with E-state index in [4.69, 9.17) is 20.8 Å².